The van der Waals surface area contributed by atoms with Crippen LogP contribution < -0.4 is 10.6 Å². The van der Waals surface area contributed by atoms with E-state index >= 15 is 0 Å². The Morgan fingerprint density at radius 2 is 1.63 bits per heavy atom. The highest BCUT2D eigenvalue weighted by Crippen LogP contribution is 2.38. The fourth-order valence-corrected chi connectivity index (χ4v) is 5.95. The number of nitrogens with one attached hydrogen (secondary N) is 2. The molecule has 4 aromatic carbocycles. The van der Waals surface area contributed by atoms with Crippen molar-refractivity contribution in [3.63, 3.8) is 0 Å². The molecule has 1 heterocycles. The van der Waals surface area contributed by atoms with Gasteiger partial charge in [0.05, 0.1) is 25.9 Å². The molecule has 2 amide bonds. The van der Waals surface area contributed by atoms with Crippen LogP contribution in [0.15, 0.2) is 116 Å². The van der Waals surface area contributed by atoms with Crippen LogP contribution in [0.3, 0.4) is 0 Å². The van der Waals surface area contributed by atoms with Gasteiger partial charge in [0, 0.05) is 38.0 Å². The summed E-state index contributed by atoms with van der Waals surface area (Å²) < 4.78 is 17.9. The zero-order valence-corrected chi connectivity index (χ0v) is 28.1. The number of amides is 2. The highest BCUT2D eigenvalue weighted by Gasteiger charge is 2.32. The molecule has 0 aromatic heterocycles. The number of carbonyl (C=O) groups excluding carboxylic acids is 2. The molecule has 4 aromatic rings. The van der Waals surface area contributed by atoms with E-state index in [0.29, 0.717) is 12.8 Å². The van der Waals surface area contributed by atoms with Crippen LogP contribution in [0, 0.1) is 0 Å². The molecular weight excluding hydrogens is 618 g/mol. The van der Waals surface area contributed by atoms with Crippen LogP contribution >= 0.6 is 0 Å². The summed E-state index contributed by atoms with van der Waals surface area (Å²) in [7, 11) is 3.36. The maximum Gasteiger partial charge on any atom is 0.328 e. The number of ether oxygens (including phenoxy) is 3. The van der Waals surface area contributed by atoms with Crippen molar-refractivity contribution in [1.29, 1.82) is 0 Å². The van der Waals surface area contributed by atoms with E-state index in [4.69, 9.17) is 14.2 Å². The predicted molar refractivity (Wildman–Crippen MR) is 189 cm³/mol. The lowest BCUT2D eigenvalue weighted by atomic mass is 9.99. The molecule has 5 rings (SSSR count). The van der Waals surface area contributed by atoms with Crippen LogP contribution in [0.25, 0.3) is 11.1 Å². The number of benzene rings is 4. The van der Waals surface area contributed by atoms with E-state index in [0.717, 1.165) is 52.0 Å². The van der Waals surface area contributed by atoms with E-state index in [1.54, 1.807) is 0 Å². The standard InChI is InChI=1S/C40H45N3O6/c1-4-21-43(2)26-35-24-37(32-15-13-29(27-44)14-16-32)49-39(48-35)33-19-17-31(18-20-33)34-12-8-11-30(22-34)25-41-40(46)42-36(38(45)47-3)23-28-9-6-5-7-10-28/h4-20,22,35-37,39,44H,1,21,23-27H2,2-3H3,(H2,41,42,46). The summed E-state index contributed by atoms with van der Waals surface area (Å²) in [6.45, 7) is 5.64. The van der Waals surface area contributed by atoms with E-state index in [2.05, 4.69) is 29.2 Å². The number of aliphatic hydroxyl groups excluding tert-OH is 1. The van der Waals surface area contributed by atoms with Gasteiger partial charge in [0.2, 0.25) is 0 Å². The Kier molecular flexibility index (Phi) is 12.7. The molecule has 49 heavy (non-hydrogen) atoms. The van der Waals surface area contributed by atoms with Crippen LogP contribution in [0.5, 0.6) is 0 Å². The smallest absolute Gasteiger partial charge is 0.328 e. The lowest BCUT2D eigenvalue weighted by Gasteiger charge is -2.37. The first-order valence-electron chi connectivity index (χ1n) is 16.5. The lowest BCUT2D eigenvalue weighted by Crippen LogP contribution is -2.47. The minimum absolute atomic E-state index is 0.000269. The summed E-state index contributed by atoms with van der Waals surface area (Å²) in [4.78, 5) is 27.3. The summed E-state index contributed by atoms with van der Waals surface area (Å²) in [5.74, 6) is -0.503. The highest BCUT2D eigenvalue weighted by atomic mass is 16.7. The summed E-state index contributed by atoms with van der Waals surface area (Å²) in [6.07, 6.45) is 2.17. The second kappa shape index (κ2) is 17.6. The van der Waals surface area contributed by atoms with Gasteiger partial charge in [-0.25, -0.2) is 9.59 Å². The number of hydrogen-bond donors (Lipinski definition) is 3. The summed E-state index contributed by atoms with van der Waals surface area (Å²) in [5.41, 5.74) is 6.67. The van der Waals surface area contributed by atoms with Crippen LogP contribution in [0.2, 0.25) is 0 Å². The van der Waals surface area contributed by atoms with Gasteiger partial charge in [0.25, 0.3) is 0 Å². The predicted octanol–water partition coefficient (Wildman–Crippen LogP) is 6.09. The first-order chi connectivity index (χ1) is 23.8. The number of urea groups is 1. The van der Waals surface area contributed by atoms with Crippen LogP contribution in [0.1, 0.15) is 46.6 Å². The van der Waals surface area contributed by atoms with Crippen molar-refractivity contribution in [2.24, 2.45) is 0 Å². The number of esters is 1. The second-order valence-electron chi connectivity index (χ2n) is 12.3. The van der Waals surface area contributed by atoms with Gasteiger partial charge < -0.3 is 34.9 Å². The normalized spacial score (nSPS) is 18.0. The maximum atomic E-state index is 12.8. The molecule has 1 saturated heterocycles. The average molecular weight is 664 g/mol. The minimum Gasteiger partial charge on any atom is -0.467 e. The Morgan fingerprint density at radius 1 is 0.918 bits per heavy atom. The Morgan fingerprint density at radius 3 is 2.33 bits per heavy atom. The van der Waals surface area contributed by atoms with Gasteiger partial charge in [0.15, 0.2) is 6.29 Å². The van der Waals surface area contributed by atoms with Crippen molar-refractivity contribution < 1.29 is 28.9 Å². The zero-order chi connectivity index (χ0) is 34.6. The summed E-state index contributed by atoms with van der Waals surface area (Å²) in [5, 5.41) is 15.1. The van der Waals surface area contributed by atoms with Crippen molar-refractivity contribution in [3.8, 4) is 11.1 Å². The highest BCUT2D eigenvalue weighted by molar-refractivity contribution is 5.83. The van der Waals surface area contributed by atoms with Gasteiger partial charge in [-0.1, -0.05) is 103 Å². The molecule has 4 atom stereocenters. The molecule has 0 spiro atoms. The van der Waals surface area contributed by atoms with Gasteiger partial charge in [-0.2, -0.15) is 0 Å². The minimum atomic E-state index is -0.806. The molecule has 0 radical (unpaired) electrons. The Bertz CT molecular complexity index is 1660. The molecule has 9 heteroatoms. The fraction of sp³-hybridized carbons (Fsp3) is 0.300. The van der Waals surface area contributed by atoms with Crippen LogP contribution in [-0.4, -0.2) is 61.4 Å². The van der Waals surface area contributed by atoms with Gasteiger partial charge in [0.1, 0.15) is 6.04 Å². The molecule has 3 N–H and O–H groups in total. The fourth-order valence-electron chi connectivity index (χ4n) is 5.95. The summed E-state index contributed by atoms with van der Waals surface area (Å²) >= 11 is 0. The average Bonchev–Trinajstić information content (AvgIpc) is 3.14. The third kappa shape index (κ3) is 10.1. The summed E-state index contributed by atoms with van der Waals surface area (Å²) in [6, 6.07) is 32.2. The van der Waals surface area contributed by atoms with Crippen molar-refractivity contribution in [2.75, 3.05) is 27.2 Å². The third-order valence-corrected chi connectivity index (χ3v) is 8.54. The zero-order valence-electron chi connectivity index (χ0n) is 28.1. The second-order valence-corrected chi connectivity index (χ2v) is 12.3. The Balaban J connectivity index is 1.23. The SMILES string of the molecule is C=CCN(C)CC1CC(c2ccc(CO)cc2)OC(c2ccc(-c3cccc(CNC(=O)NC(Cc4ccccc4)C(=O)OC)c3)cc2)O1. The van der Waals surface area contributed by atoms with E-state index < -0.39 is 24.3 Å². The van der Waals surface area contributed by atoms with E-state index in [-0.39, 0.29) is 25.4 Å². The number of methoxy groups -OCH3 is 1. The van der Waals surface area contributed by atoms with Crippen molar-refractivity contribution in [3.05, 3.63) is 144 Å². The number of aliphatic hydroxyl groups is 1. The molecule has 0 aliphatic carbocycles. The molecule has 256 valence electrons. The number of likely N-dealkylation sites (N-methyl/N-ethyl adjacent to an activating group) is 1. The molecule has 1 aliphatic heterocycles. The number of carbonyl (C=O) groups is 2. The van der Waals surface area contributed by atoms with E-state index in [9.17, 15) is 14.7 Å². The molecular formula is C40H45N3O6. The largest absolute Gasteiger partial charge is 0.467 e. The molecule has 0 saturated carbocycles. The van der Waals surface area contributed by atoms with Crippen molar-refractivity contribution in [1.82, 2.24) is 15.5 Å². The number of hydrogen-bond acceptors (Lipinski definition) is 7. The van der Waals surface area contributed by atoms with Crippen LogP contribution in [0.4, 0.5) is 4.79 Å². The molecule has 1 fully saturated rings. The third-order valence-electron chi connectivity index (χ3n) is 8.54. The Labute approximate surface area is 288 Å². The van der Waals surface area contributed by atoms with Gasteiger partial charge in [-0.15, -0.1) is 6.58 Å². The molecule has 4 unspecified atom stereocenters. The van der Waals surface area contributed by atoms with Gasteiger partial charge >= 0.3 is 12.0 Å². The molecule has 1 aliphatic rings. The van der Waals surface area contributed by atoms with Crippen molar-refractivity contribution >= 4 is 12.0 Å². The van der Waals surface area contributed by atoms with E-state index in [1.807, 2.05) is 109 Å². The lowest BCUT2D eigenvalue weighted by molar-refractivity contribution is -0.252. The first-order valence-corrected chi connectivity index (χ1v) is 16.5. The number of rotatable bonds is 14. The van der Waals surface area contributed by atoms with Crippen molar-refractivity contribution in [2.45, 2.75) is 50.5 Å². The van der Waals surface area contributed by atoms with Crippen LogP contribution in [-0.2, 0) is 38.6 Å². The topological polar surface area (TPSA) is 109 Å². The van der Waals surface area contributed by atoms with E-state index in [1.165, 1.54) is 7.11 Å². The number of nitrogens with zero attached hydrogens (tertiary/aromatic N) is 1. The monoisotopic (exact) mass is 663 g/mol. The first kappa shape index (κ1) is 35.5. The molecule has 9 nitrogen and oxygen atoms in total. The van der Waals surface area contributed by atoms with Gasteiger partial charge in [-0.3, -0.25) is 0 Å². The quantitative estimate of drug-likeness (QED) is 0.111. The Hall–Kier alpha value is -4.80. The maximum absolute atomic E-state index is 12.8. The van der Waals surface area contributed by atoms with Gasteiger partial charge in [-0.05, 0) is 46.5 Å². The molecule has 0 bridgehead atoms.